The van der Waals surface area contributed by atoms with Gasteiger partial charge < -0.3 is 9.52 Å². The number of benzene rings is 1. The van der Waals surface area contributed by atoms with Crippen LogP contribution in [0.25, 0.3) is 0 Å². The predicted octanol–water partition coefficient (Wildman–Crippen LogP) is 3.17. The number of rotatable bonds is 3. The second-order valence-corrected chi connectivity index (χ2v) is 4.17. The van der Waals surface area contributed by atoms with E-state index >= 15 is 0 Å². The summed E-state index contributed by atoms with van der Waals surface area (Å²) in [7, 11) is 0. The molecule has 16 heavy (non-hydrogen) atoms. The molecule has 2 nitrogen and oxygen atoms in total. The molecule has 0 amide bonds. The van der Waals surface area contributed by atoms with Crippen molar-refractivity contribution in [2.45, 2.75) is 26.4 Å². The zero-order valence-electron chi connectivity index (χ0n) is 9.60. The molecule has 84 valence electrons. The van der Waals surface area contributed by atoms with Crippen LogP contribution in [-0.4, -0.2) is 5.11 Å². The Morgan fingerprint density at radius 1 is 1.12 bits per heavy atom. The number of aliphatic hydroxyl groups excluding tert-OH is 1. The van der Waals surface area contributed by atoms with E-state index in [0.717, 1.165) is 11.1 Å². The summed E-state index contributed by atoms with van der Waals surface area (Å²) >= 11 is 0. The van der Waals surface area contributed by atoms with Crippen LogP contribution in [0.3, 0.4) is 0 Å². The summed E-state index contributed by atoms with van der Waals surface area (Å²) in [6.45, 7) is 3.99. The second kappa shape index (κ2) is 4.54. The predicted molar refractivity (Wildman–Crippen MR) is 63.3 cm³/mol. The minimum absolute atomic E-state index is 0.558. The standard InChI is InChI=1S/C14H16O2/c1-10-3-5-12(6-4-10)9-13(15)14-11(2)7-8-16-14/h3-8,13,15H,9H2,1-2H3. The van der Waals surface area contributed by atoms with Crippen molar-refractivity contribution in [2.75, 3.05) is 0 Å². The quantitative estimate of drug-likeness (QED) is 0.854. The Balaban J connectivity index is 2.10. The Labute approximate surface area is 95.5 Å². The van der Waals surface area contributed by atoms with Crippen molar-refractivity contribution in [1.29, 1.82) is 0 Å². The smallest absolute Gasteiger partial charge is 0.135 e. The SMILES string of the molecule is Cc1ccc(CC(O)c2occc2C)cc1. The lowest BCUT2D eigenvalue weighted by molar-refractivity contribution is 0.149. The fourth-order valence-electron chi connectivity index (χ4n) is 1.77. The summed E-state index contributed by atoms with van der Waals surface area (Å²) in [4.78, 5) is 0. The summed E-state index contributed by atoms with van der Waals surface area (Å²) in [6.07, 6.45) is 1.65. The zero-order chi connectivity index (χ0) is 11.5. The highest BCUT2D eigenvalue weighted by atomic mass is 16.4. The van der Waals surface area contributed by atoms with Crippen LogP contribution in [0.5, 0.6) is 0 Å². The second-order valence-electron chi connectivity index (χ2n) is 4.17. The molecule has 2 aromatic rings. The van der Waals surface area contributed by atoms with Crippen molar-refractivity contribution in [1.82, 2.24) is 0 Å². The van der Waals surface area contributed by atoms with Crippen LogP contribution in [0.1, 0.15) is 28.6 Å². The van der Waals surface area contributed by atoms with E-state index in [1.54, 1.807) is 6.26 Å². The average molecular weight is 216 g/mol. The van der Waals surface area contributed by atoms with Crippen LogP contribution < -0.4 is 0 Å². The van der Waals surface area contributed by atoms with Gasteiger partial charge in [0.2, 0.25) is 0 Å². The molecule has 2 heteroatoms. The van der Waals surface area contributed by atoms with Gasteiger partial charge in [0.25, 0.3) is 0 Å². The van der Waals surface area contributed by atoms with Gasteiger partial charge in [-0.1, -0.05) is 29.8 Å². The van der Waals surface area contributed by atoms with Crippen molar-refractivity contribution in [3.8, 4) is 0 Å². The number of hydrogen-bond donors (Lipinski definition) is 1. The molecular weight excluding hydrogens is 200 g/mol. The molecule has 1 N–H and O–H groups in total. The first-order chi connectivity index (χ1) is 7.66. The molecule has 0 aliphatic carbocycles. The Morgan fingerprint density at radius 3 is 2.38 bits per heavy atom. The molecular formula is C14H16O2. The maximum atomic E-state index is 10.0. The zero-order valence-corrected chi connectivity index (χ0v) is 9.60. The first kappa shape index (κ1) is 11.0. The molecule has 0 radical (unpaired) electrons. The highest BCUT2D eigenvalue weighted by Gasteiger charge is 2.14. The van der Waals surface area contributed by atoms with Crippen LogP contribution in [0.15, 0.2) is 41.0 Å². The third-order valence-electron chi connectivity index (χ3n) is 2.75. The maximum absolute atomic E-state index is 10.0. The lowest BCUT2D eigenvalue weighted by Crippen LogP contribution is -2.01. The molecule has 1 aromatic heterocycles. The summed E-state index contributed by atoms with van der Waals surface area (Å²) in [5, 5.41) is 10.0. The van der Waals surface area contributed by atoms with Crippen molar-refractivity contribution in [3.05, 3.63) is 59.0 Å². The Bertz CT molecular complexity index is 454. The Kier molecular flexibility index (Phi) is 3.11. The van der Waals surface area contributed by atoms with Gasteiger partial charge in [0.05, 0.1) is 6.26 Å². The molecule has 2 rings (SSSR count). The first-order valence-corrected chi connectivity index (χ1v) is 5.44. The summed E-state index contributed by atoms with van der Waals surface area (Å²) in [5.41, 5.74) is 3.35. The normalized spacial score (nSPS) is 12.7. The van der Waals surface area contributed by atoms with E-state index in [9.17, 15) is 5.11 Å². The van der Waals surface area contributed by atoms with Crippen LogP contribution >= 0.6 is 0 Å². The van der Waals surface area contributed by atoms with Crippen LogP contribution in [0.2, 0.25) is 0 Å². The largest absolute Gasteiger partial charge is 0.466 e. The molecule has 0 bridgehead atoms. The topological polar surface area (TPSA) is 33.4 Å². The molecule has 0 aliphatic rings. The van der Waals surface area contributed by atoms with Crippen LogP contribution in [-0.2, 0) is 6.42 Å². The monoisotopic (exact) mass is 216 g/mol. The molecule has 1 heterocycles. The third-order valence-corrected chi connectivity index (χ3v) is 2.75. The van der Waals surface area contributed by atoms with Crippen molar-refractivity contribution >= 4 is 0 Å². The van der Waals surface area contributed by atoms with E-state index in [1.165, 1.54) is 5.56 Å². The lowest BCUT2D eigenvalue weighted by Gasteiger charge is -2.09. The van der Waals surface area contributed by atoms with Crippen LogP contribution in [0.4, 0.5) is 0 Å². The molecule has 0 fully saturated rings. The van der Waals surface area contributed by atoms with E-state index in [-0.39, 0.29) is 0 Å². The molecule has 0 saturated heterocycles. The number of furan rings is 1. The highest BCUT2D eigenvalue weighted by molar-refractivity contribution is 5.24. The van der Waals surface area contributed by atoms with Gasteiger partial charge in [-0.15, -0.1) is 0 Å². The molecule has 0 aliphatic heterocycles. The molecule has 0 saturated carbocycles. The van der Waals surface area contributed by atoms with E-state index in [4.69, 9.17) is 4.42 Å². The van der Waals surface area contributed by atoms with Crippen molar-refractivity contribution < 1.29 is 9.52 Å². The first-order valence-electron chi connectivity index (χ1n) is 5.44. The Morgan fingerprint density at radius 2 is 1.81 bits per heavy atom. The van der Waals surface area contributed by atoms with E-state index in [0.29, 0.717) is 12.2 Å². The highest BCUT2D eigenvalue weighted by Crippen LogP contribution is 2.22. The van der Waals surface area contributed by atoms with Crippen LogP contribution in [0, 0.1) is 13.8 Å². The maximum Gasteiger partial charge on any atom is 0.135 e. The summed E-state index contributed by atoms with van der Waals surface area (Å²) in [6, 6.07) is 10.1. The average Bonchev–Trinajstić information content (AvgIpc) is 2.68. The lowest BCUT2D eigenvalue weighted by atomic mass is 10.0. The minimum atomic E-state index is -0.558. The number of aryl methyl sites for hydroxylation is 2. The minimum Gasteiger partial charge on any atom is -0.466 e. The van der Waals surface area contributed by atoms with Gasteiger partial charge in [0, 0.05) is 6.42 Å². The molecule has 0 spiro atoms. The molecule has 1 aromatic carbocycles. The molecule has 1 atom stereocenters. The third kappa shape index (κ3) is 2.34. The van der Waals surface area contributed by atoms with Gasteiger partial charge in [-0.3, -0.25) is 0 Å². The summed E-state index contributed by atoms with van der Waals surface area (Å²) < 4.78 is 5.27. The van der Waals surface area contributed by atoms with Gasteiger partial charge >= 0.3 is 0 Å². The van der Waals surface area contributed by atoms with Crippen molar-refractivity contribution in [3.63, 3.8) is 0 Å². The van der Waals surface area contributed by atoms with E-state index < -0.39 is 6.10 Å². The van der Waals surface area contributed by atoms with Crippen molar-refractivity contribution in [2.24, 2.45) is 0 Å². The Hall–Kier alpha value is -1.54. The van der Waals surface area contributed by atoms with Gasteiger partial charge in [-0.05, 0) is 31.0 Å². The van der Waals surface area contributed by atoms with Gasteiger partial charge in [0.1, 0.15) is 11.9 Å². The van der Waals surface area contributed by atoms with Gasteiger partial charge in [0.15, 0.2) is 0 Å². The molecule has 1 unspecified atom stereocenters. The summed E-state index contributed by atoms with van der Waals surface area (Å²) in [5.74, 6) is 0.667. The number of hydrogen-bond acceptors (Lipinski definition) is 2. The van der Waals surface area contributed by atoms with Gasteiger partial charge in [-0.2, -0.15) is 0 Å². The van der Waals surface area contributed by atoms with Gasteiger partial charge in [-0.25, -0.2) is 0 Å². The van der Waals surface area contributed by atoms with E-state index in [2.05, 4.69) is 19.1 Å². The van der Waals surface area contributed by atoms with E-state index in [1.807, 2.05) is 25.1 Å². The fourth-order valence-corrected chi connectivity index (χ4v) is 1.77. The number of aliphatic hydroxyl groups is 1. The fraction of sp³-hybridized carbons (Fsp3) is 0.286.